The quantitative estimate of drug-likeness (QED) is 0.692. The van der Waals surface area contributed by atoms with Crippen LogP contribution in [-0.2, 0) is 0 Å². The largest absolute Gasteiger partial charge is 0.468 e. The van der Waals surface area contributed by atoms with Crippen LogP contribution in [0.2, 0.25) is 0 Å². The standard InChI is InChI=1S/C14H9BrN4O.C2H6/c1-20-14-18-12(10-4-2-9(8-16)3-5-10)11(15)13-17-6-7-19(13)14;1-2/h2-7H,1H3;1-2H3. The maximum Gasteiger partial charge on any atom is 0.302 e. The lowest BCUT2D eigenvalue weighted by Gasteiger charge is -2.09. The van der Waals surface area contributed by atoms with Crippen LogP contribution in [0.25, 0.3) is 16.9 Å². The van der Waals surface area contributed by atoms with Gasteiger partial charge in [-0.1, -0.05) is 26.0 Å². The number of nitrogens with zero attached hydrogens (tertiary/aromatic N) is 4. The van der Waals surface area contributed by atoms with Gasteiger partial charge in [-0.2, -0.15) is 10.2 Å². The zero-order chi connectivity index (χ0) is 16.1. The second-order valence-electron chi connectivity index (χ2n) is 4.07. The summed E-state index contributed by atoms with van der Waals surface area (Å²) in [6.45, 7) is 4.00. The summed E-state index contributed by atoms with van der Waals surface area (Å²) in [5, 5.41) is 8.84. The van der Waals surface area contributed by atoms with Crippen molar-refractivity contribution in [2.24, 2.45) is 0 Å². The smallest absolute Gasteiger partial charge is 0.302 e. The van der Waals surface area contributed by atoms with Gasteiger partial charge in [-0.3, -0.25) is 4.40 Å². The maximum absolute atomic E-state index is 8.84. The molecule has 112 valence electrons. The van der Waals surface area contributed by atoms with Crippen LogP contribution in [0, 0.1) is 11.3 Å². The predicted octanol–water partition coefficient (Wildman–Crippen LogP) is 4.07. The average Bonchev–Trinajstić information content (AvgIpc) is 3.08. The van der Waals surface area contributed by atoms with Gasteiger partial charge in [0.2, 0.25) is 0 Å². The molecule has 0 amide bonds. The molecule has 2 aromatic heterocycles. The number of nitriles is 1. The van der Waals surface area contributed by atoms with Crippen molar-refractivity contribution in [3.63, 3.8) is 0 Å². The maximum atomic E-state index is 8.84. The number of ether oxygens (including phenoxy) is 1. The number of halogens is 1. The van der Waals surface area contributed by atoms with Crippen molar-refractivity contribution < 1.29 is 4.74 Å². The van der Waals surface area contributed by atoms with Crippen molar-refractivity contribution in [1.29, 1.82) is 5.26 Å². The van der Waals surface area contributed by atoms with Gasteiger partial charge >= 0.3 is 6.01 Å². The Morgan fingerprint density at radius 2 is 1.91 bits per heavy atom. The predicted molar refractivity (Wildman–Crippen MR) is 88.7 cm³/mol. The Labute approximate surface area is 137 Å². The highest BCUT2D eigenvalue weighted by Gasteiger charge is 2.14. The van der Waals surface area contributed by atoms with Crippen molar-refractivity contribution in [3.05, 3.63) is 46.7 Å². The van der Waals surface area contributed by atoms with Crippen LogP contribution in [0.5, 0.6) is 6.01 Å². The normalized spacial score (nSPS) is 9.77. The zero-order valence-corrected chi connectivity index (χ0v) is 14.1. The van der Waals surface area contributed by atoms with Crippen molar-refractivity contribution in [3.8, 4) is 23.3 Å². The molecule has 0 fully saturated rings. The van der Waals surface area contributed by atoms with Crippen LogP contribution < -0.4 is 4.74 Å². The van der Waals surface area contributed by atoms with E-state index in [4.69, 9.17) is 10.00 Å². The molecule has 0 atom stereocenters. The van der Waals surface area contributed by atoms with Gasteiger partial charge in [0.25, 0.3) is 0 Å². The van der Waals surface area contributed by atoms with E-state index < -0.39 is 0 Å². The van der Waals surface area contributed by atoms with Crippen LogP contribution in [-0.4, -0.2) is 21.5 Å². The van der Waals surface area contributed by atoms with E-state index in [1.165, 1.54) is 0 Å². The summed E-state index contributed by atoms with van der Waals surface area (Å²) in [5.74, 6) is 0. The lowest BCUT2D eigenvalue weighted by atomic mass is 10.1. The van der Waals surface area contributed by atoms with Gasteiger partial charge in [-0.05, 0) is 28.1 Å². The number of aromatic nitrogens is 3. The van der Waals surface area contributed by atoms with E-state index in [0.717, 1.165) is 21.4 Å². The van der Waals surface area contributed by atoms with Gasteiger partial charge in [-0.15, -0.1) is 0 Å². The third-order valence-electron chi connectivity index (χ3n) is 2.93. The van der Waals surface area contributed by atoms with E-state index in [2.05, 4.69) is 32.0 Å². The first-order valence-electron chi connectivity index (χ1n) is 6.81. The molecule has 5 nitrogen and oxygen atoms in total. The Bertz CT molecular complexity index is 819. The first kappa shape index (κ1) is 16.0. The monoisotopic (exact) mass is 358 g/mol. The number of benzene rings is 1. The summed E-state index contributed by atoms with van der Waals surface area (Å²) in [6.07, 6.45) is 3.47. The van der Waals surface area contributed by atoms with E-state index in [1.54, 1.807) is 36.0 Å². The van der Waals surface area contributed by atoms with Gasteiger partial charge in [0, 0.05) is 18.0 Å². The fraction of sp³-hybridized carbons (Fsp3) is 0.188. The molecule has 1 aromatic carbocycles. The fourth-order valence-corrected chi connectivity index (χ4v) is 2.57. The van der Waals surface area contributed by atoms with Crippen LogP contribution >= 0.6 is 15.9 Å². The molecule has 3 rings (SSSR count). The van der Waals surface area contributed by atoms with E-state index in [-0.39, 0.29) is 0 Å². The Morgan fingerprint density at radius 3 is 2.50 bits per heavy atom. The molecule has 0 radical (unpaired) electrons. The Hall–Kier alpha value is -2.39. The van der Waals surface area contributed by atoms with Crippen LogP contribution in [0.15, 0.2) is 41.1 Å². The number of methoxy groups -OCH3 is 1. The molecule has 22 heavy (non-hydrogen) atoms. The first-order chi connectivity index (χ1) is 10.7. The molecular formula is C16H15BrN4O. The molecule has 2 heterocycles. The van der Waals surface area contributed by atoms with E-state index >= 15 is 0 Å². The van der Waals surface area contributed by atoms with Crippen LogP contribution in [0.3, 0.4) is 0 Å². The van der Waals surface area contributed by atoms with Crippen LogP contribution in [0.1, 0.15) is 19.4 Å². The molecule has 0 spiro atoms. The van der Waals surface area contributed by atoms with Gasteiger partial charge in [0.1, 0.15) is 0 Å². The van der Waals surface area contributed by atoms with Crippen molar-refractivity contribution >= 4 is 21.6 Å². The first-order valence-corrected chi connectivity index (χ1v) is 7.61. The molecule has 0 aliphatic rings. The number of fused-ring (bicyclic) bond motifs is 1. The minimum Gasteiger partial charge on any atom is -0.468 e. The minimum atomic E-state index is 0.458. The van der Waals surface area contributed by atoms with Gasteiger partial charge in [0.15, 0.2) is 5.65 Å². The summed E-state index contributed by atoms with van der Waals surface area (Å²) in [7, 11) is 1.57. The Kier molecular flexibility index (Phi) is 5.12. The summed E-state index contributed by atoms with van der Waals surface area (Å²) >= 11 is 3.53. The summed E-state index contributed by atoms with van der Waals surface area (Å²) in [4.78, 5) is 8.78. The molecule has 0 unspecified atom stereocenters. The molecule has 0 bridgehead atoms. The lowest BCUT2D eigenvalue weighted by Crippen LogP contribution is -2.00. The SMILES string of the molecule is CC.COc1nc(-c2ccc(C#N)cc2)c(Br)c2nccn12. The van der Waals surface area contributed by atoms with Crippen LogP contribution in [0.4, 0.5) is 0 Å². The lowest BCUT2D eigenvalue weighted by molar-refractivity contribution is 0.374. The highest BCUT2D eigenvalue weighted by Crippen LogP contribution is 2.32. The topological polar surface area (TPSA) is 63.2 Å². The molecular weight excluding hydrogens is 344 g/mol. The number of rotatable bonds is 2. The fourth-order valence-electron chi connectivity index (χ4n) is 1.96. The van der Waals surface area contributed by atoms with Crippen molar-refractivity contribution in [2.75, 3.05) is 7.11 Å². The summed E-state index contributed by atoms with van der Waals surface area (Å²) in [5.41, 5.74) is 2.96. The molecule has 0 saturated carbocycles. The molecule has 0 saturated heterocycles. The van der Waals surface area contributed by atoms with Gasteiger partial charge < -0.3 is 4.74 Å². The van der Waals surface area contributed by atoms with E-state index in [0.29, 0.717) is 11.6 Å². The second kappa shape index (κ2) is 7.05. The van der Waals surface area contributed by atoms with E-state index in [1.807, 2.05) is 26.0 Å². The van der Waals surface area contributed by atoms with Crippen molar-refractivity contribution in [2.45, 2.75) is 13.8 Å². The third kappa shape index (κ3) is 2.81. The van der Waals surface area contributed by atoms with Gasteiger partial charge in [-0.25, -0.2) is 4.98 Å². The Balaban J connectivity index is 0.000000847. The highest BCUT2D eigenvalue weighted by atomic mass is 79.9. The molecule has 0 aliphatic carbocycles. The molecule has 0 aliphatic heterocycles. The average molecular weight is 359 g/mol. The molecule has 3 aromatic rings. The number of hydrogen-bond acceptors (Lipinski definition) is 4. The molecule has 6 heteroatoms. The number of imidazole rings is 1. The Morgan fingerprint density at radius 1 is 1.23 bits per heavy atom. The number of hydrogen-bond donors (Lipinski definition) is 0. The van der Waals surface area contributed by atoms with E-state index in [9.17, 15) is 0 Å². The van der Waals surface area contributed by atoms with Crippen molar-refractivity contribution in [1.82, 2.24) is 14.4 Å². The second-order valence-corrected chi connectivity index (χ2v) is 4.86. The summed E-state index contributed by atoms with van der Waals surface area (Å²) in [6, 6.07) is 9.77. The van der Waals surface area contributed by atoms with Gasteiger partial charge in [0.05, 0.1) is 28.9 Å². The summed E-state index contributed by atoms with van der Waals surface area (Å²) < 4.78 is 7.83. The zero-order valence-electron chi connectivity index (χ0n) is 12.5. The third-order valence-corrected chi connectivity index (χ3v) is 3.66. The minimum absolute atomic E-state index is 0.458. The molecule has 0 N–H and O–H groups in total. The highest BCUT2D eigenvalue weighted by molar-refractivity contribution is 9.10.